The number of nitrogens with zero attached hydrogens (tertiary/aromatic N) is 2. The summed E-state index contributed by atoms with van der Waals surface area (Å²) >= 11 is 0. The molecule has 4 aliphatic carbocycles. The highest BCUT2D eigenvalue weighted by molar-refractivity contribution is 5.08. The monoisotopic (exact) mass is 258 g/mol. The first kappa shape index (κ1) is 11.5. The fraction of sp³-hybridized carbons (Fsp3) is 1.00. The minimum atomic E-state index is -1.09. The van der Waals surface area contributed by atoms with Crippen molar-refractivity contribution in [2.75, 3.05) is 0 Å². The highest BCUT2D eigenvalue weighted by Crippen LogP contribution is 2.58. The minimum absolute atomic E-state index is 0.0154. The van der Waals surface area contributed by atoms with Crippen LogP contribution >= 0.6 is 0 Å². The van der Waals surface area contributed by atoms with Gasteiger partial charge in [0.15, 0.2) is 0 Å². The van der Waals surface area contributed by atoms with Gasteiger partial charge in [-0.05, 0) is 49.9 Å². The third-order valence-electron chi connectivity index (χ3n) is 4.61. The van der Waals surface area contributed by atoms with Gasteiger partial charge in [-0.25, -0.2) is 0 Å². The zero-order chi connectivity index (χ0) is 12.9. The van der Waals surface area contributed by atoms with E-state index < -0.39 is 21.9 Å². The molecule has 0 amide bonds. The van der Waals surface area contributed by atoms with Gasteiger partial charge in [0.1, 0.15) is 11.7 Å². The lowest BCUT2D eigenvalue weighted by molar-refractivity contribution is -0.816. The Labute approximate surface area is 102 Å². The Morgan fingerprint density at radius 3 is 2.11 bits per heavy atom. The standard InChI is InChI=1S/C10H14N2O6/c13-11(14)17-9-8-2-6-1-7(3-8)5-10(9,4-6)18-12(15)16/h6-9H,1-5H2. The molecule has 4 fully saturated rings. The molecule has 8 nitrogen and oxygen atoms in total. The van der Waals surface area contributed by atoms with E-state index in [1.807, 2.05) is 0 Å². The average Bonchev–Trinajstić information content (AvgIpc) is 2.20. The van der Waals surface area contributed by atoms with Crippen molar-refractivity contribution in [2.24, 2.45) is 17.8 Å². The van der Waals surface area contributed by atoms with Gasteiger partial charge < -0.3 is 9.68 Å². The molecule has 0 aliphatic heterocycles. The molecular formula is C10H14N2O6. The molecule has 4 bridgehead atoms. The zero-order valence-corrected chi connectivity index (χ0v) is 9.69. The summed E-state index contributed by atoms with van der Waals surface area (Å²) in [6.07, 6.45) is 2.99. The van der Waals surface area contributed by atoms with Gasteiger partial charge in [-0.2, -0.15) is 0 Å². The predicted molar refractivity (Wildman–Crippen MR) is 56.2 cm³/mol. The fourth-order valence-electron chi connectivity index (χ4n) is 4.47. The molecule has 0 spiro atoms. The van der Waals surface area contributed by atoms with Crippen molar-refractivity contribution < 1.29 is 19.8 Å². The molecule has 0 radical (unpaired) electrons. The predicted octanol–water partition coefficient (Wildman–Crippen LogP) is 1.35. The quantitative estimate of drug-likeness (QED) is 0.556. The average molecular weight is 258 g/mol. The Balaban J connectivity index is 1.90. The smallest absolute Gasteiger partial charge is 0.295 e. The van der Waals surface area contributed by atoms with Crippen LogP contribution in [-0.2, 0) is 9.68 Å². The molecule has 3 atom stereocenters. The second-order valence-electron chi connectivity index (χ2n) is 5.74. The summed E-state index contributed by atoms with van der Waals surface area (Å²) in [7, 11) is 0. The molecule has 4 rings (SSSR count). The molecule has 100 valence electrons. The van der Waals surface area contributed by atoms with Crippen LogP contribution in [0.1, 0.15) is 32.1 Å². The Bertz CT molecular complexity index is 386. The molecule has 0 aromatic carbocycles. The summed E-state index contributed by atoms with van der Waals surface area (Å²) in [5.74, 6) is 0.782. The lowest BCUT2D eigenvalue weighted by Gasteiger charge is -2.58. The van der Waals surface area contributed by atoms with Crippen LogP contribution in [0.15, 0.2) is 0 Å². The topological polar surface area (TPSA) is 105 Å². The highest BCUT2D eigenvalue weighted by Gasteiger charge is 2.61. The van der Waals surface area contributed by atoms with E-state index in [9.17, 15) is 20.2 Å². The Hall–Kier alpha value is -1.60. The molecule has 4 saturated carbocycles. The van der Waals surface area contributed by atoms with Crippen molar-refractivity contribution in [3.63, 3.8) is 0 Å². The van der Waals surface area contributed by atoms with E-state index in [4.69, 9.17) is 9.68 Å². The van der Waals surface area contributed by atoms with Crippen LogP contribution < -0.4 is 0 Å². The van der Waals surface area contributed by atoms with Gasteiger partial charge >= 0.3 is 0 Å². The van der Waals surface area contributed by atoms with Crippen molar-refractivity contribution >= 4 is 0 Å². The van der Waals surface area contributed by atoms with Gasteiger partial charge in [-0.15, -0.1) is 20.2 Å². The molecule has 0 heterocycles. The molecule has 0 aromatic rings. The van der Waals surface area contributed by atoms with Gasteiger partial charge in [0, 0.05) is 0 Å². The van der Waals surface area contributed by atoms with Crippen molar-refractivity contribution in [1.82, 2.24) is 0 Å². The molecule has 0 saturated heterocycles. The molecule has 4 aliphatic rings. The summed E-state index contributed by atoms with van der Waals surface area (Å²) in [6.45, 7) is 0. The first-order valence-corrected chi connectivity index (χ1v) is 6.13. The third-order valence-corrected chi connectivity index (χ3v) is 4.61. The Morgan fingerprint density at radius 2 is 1.61 bits per heavy atom. The maximum Gasteiger partial charge on any atom is 0.295 e. The summed E-state index contributed by atoms with van der Waals surface area (Å²) in [5, 5.41) is 19.6. The van der Waals surface area contributed by atoms with Gasteiger partial charge in [-0.3, -0.25) is 0 Å². The van der Waals surface area contributed by atoms with E-state index in [1.165, 1.54) is 0 Å². The lowest BCUT2D eigenvalue weighted by Crippen LogP contribution is -2.63. The van der Waals surface area contributed by atoms with E-state index in [0.717, 1.165) is 19.3 Å². The van der Waals surface area contributed by atoms with Crippen molar-refractivity contribution in [3.05, 3.63) is 20.2 Å². The van der Waals surface area contributed by atoms with Crippen LogP contribution in [0.25, 0.3) is 0 Å². The fourth-order valence-corrected chi connectivity index (χ4v) is 4.47. The number of rotatable bonds is 4. The second kappa shape index (κ2) is 3.69. The van der Waals surface area contributed by atoms with Crippen LogP contribution in [0, 0.1) is 38.0 Å². The minimum Gasteiger partial charge on any atom is -0.308 e. The van der Waals surface area contributed by atoms with Crippen molar-refractivity contribution in [3.8, 4) is 0 Å². The molecule has 18 heavy (non-hydrogen) atoms. The van der Waals surface area contributed by atoms with E-state index in [-0.39, 0.29) is 5.92 Å². The summed E-state index contributed by atoms with van der Waals surface area (Å²) in [6, 6.07) is 0. The summed E-state index contributed by atoms with van der Waals surface area (Å²) in [4.78, 5) is 30.8. The lowest BCUT2D eigenvalue weighted by atomic mass is 9.53. The molecule has 3 unspecified atom stereocenters. The van der Waals surface area contributed by atoms with Crippen LogP contribution in [0.3, 0.4) is 0 Å². The summed E-state index contributed by atoms with van der Waals surface area (Å²) < 4.78 is 0. The second-order valence-corrected chi connectivity index (χ2v) is 5.74. The molecular weight excluding hydrogens is 244 g/mol. The van der Waals surface area contributed by atoms with E-state index in [1.54, 1.807) is 0 Å². The number of hydrogen-bond donors (Lipinski definition) is 0. The van der Waals surface area contributed by atoms with Gasteiger partial charge in [0.05, 0.1) is 0 Å². The maximum atomic E-state index is 10.7. The van der Waals surface area contributed by atoms with Crippen LogP contribution in [-0.4, -0.2) is 21.9 Å². The van der Waals surface area contributed by atoms with Crippen molar-refractivity contribution in [2.45, 2.75) is 43.8 Å². The van der Waals surface area contributed by atoms with Gasteiger partial charge in [0.25, 0.3) is 10.2 Å². The summed E-state index contributed by atoms with van der Waals surface area (Å²) in [5.41, 5.74) is -1.09. The SMILES string of the molecule is O=[N+]([O-])OC1C2CC3CC(C2)CC1(O[N+](=O)[O-])C3. The Kier molecular flexibility index (Phi) is 2.36. The first-order chi connectivity index (χ1) is 8.48. The maximum absolute atomic E-state index is 10.7. The zero-order valence-electron chi connectivity index (χ0n) is 9.69. The van der Waals surface area contributed by atoms with Gasteiger partial charge in [0.2, 0.25) is 0 Å². The highest BCUT2D eigenvalue weighted by atomic mass is 17.0. The van der Waals surface area contributed by atoms with Crippen LogP contribution in [0.2, 0.25) is 0 Å². The van der Waals surface area contributed by atoms with E-state index >= 15 is 0 Å². The largest absolute Gasteiger partial charge is 0.308 e. The molecule has 0 aromatic heterocycles. The van der Waals surface area contributed by atoms with E-state index in [0.29, 0.717) is 24.7 Å². The first-order valence-electron chi connectivity index (χ1n) is 6.13. The molecule has 8 heteroatoms. The number of hydrogen-bond acceptors (Lipinski definition) is 6. The third kappa shape index (κ3) is 1.67. The van der Waals surface area contributed by atoms with Crippen LogP contribution in [0.4, 0.5) is 0 Å². The van der Waals surface area contributed by atoms with Gasteiger partial charge in [-0.1, -0.05) is 0 Å². The Morgan fingerprint density at radius 1 is 1.00 bits per heavy atom. The normalized spacial score (nSPS) is 44.7. The van der Waals surface area contributed by atoms with Crippen LogP contribution in [0.5, 0.6) is 0 Å². The van der Waals surface area contributed by atoms with Crippen molar-refractivity contribution in [1.29, 1.82) is 0 Å². The molecule has 0 N–H and O–H groups in total. The van der Waals surface area contributed by atoms with E-state index in [2.05, 4.69) is 0 Å².